The summed E-state index contributed by atoms with van der Waals surface area (Å²) in [5.41, 5.74) is 1.21. The zero-order valence-electron chi connectivity index (χ0n) is 13.0. The van der Waals surface area contributed by atoms with Gasteiger partial charge >= 0.3 is 0 Å². The number of likely N-dealkylation sites (tertiary alicyclic amines) is 1. The molecule has 0 amide bonds. The standard InChI is InChI=1S/C17H26BrFN2/c1-3-9-20-12-13-6-4-5-10-21(2)17(13)15-8-7-14(19)11-16(15)18/h7-8,11,13,17,20H,3-6,9-10,12H2,1-2H3. The van der Waals surface area contributed by atoms with Gasteiger partial charge in [0.25, 0.3) is 0 Å². The monoisotopic (exact) mass is 356 g/mol. The Hall–Kier alpha value is -0.450. The molecule has 1 saturated heterocycles. The van der Waals surface area contributed by atoms with Gasteiger partial charge < -0.3 is 5.32 Å². The van der Waals surface area contributed by atoms with E-state index < -0.39 is 0 Å². The van der Waals surface area contributed by atoms with Crippen LogP contribution in [0.4, 0.5) is 4.39 Å². The van der Waals surface area contributed by atoms with E-state index in [4.69, 9.17) is 0 Å². The summed E-state index contributed by atoms with van der Waals surface area (Å²) in [6, 6.07) is 5.46. The topological polar surface area (TPSA) is 15.3 Å². The van der Waals surface area contributed by atoms with Crippen molar-refractivity contribution in [1.29, 1.82) is 0 Å². The third-order valence-corrected chi connectivity index (χ3v) is 5.06. The minimum absolute atomic E-state index is 0.178. The van der Waals surface area contributed by atoms with Gasteiger partial charge in [0.05, 0.1) is 0 Å². The first-order chi connectivity index (χ1) is 10.1. The number of hydrogen-bond donors (Lipinski definition) is 1. The highest BCUT2D eigenvalue weighted by atomic mass is 79.9. The Morgan fingerprint density at radius 1 is 1.38 bits per heavy atom. The largest absolute Gasteiger partial charge is 0.316 e. The van der Waals surface area contributed by atoms with Crippen LogP contribution < -0.4 is 5.32 Å². The van der Waals surface area contributed by atoms with Crippen LogP contribution in [-0.2, 0) is 0 Å². The fourth-order valence-electron chi connectivity index (χ4n) is 3.34. The summed E-state index contributed by atoms with van der Waals surface area (Å²) in [4.78, 5) is 2.43. The number of hydrogen-bond acceptors (Lipinski definition) is 2. The van der Waals surface area contributed by atoms with Gasteiger partial charge in [-0.25, -0.2) is 4.39 Å². The molecule has 1 aromatic carbocycles. The first-order valence-electron chi connectivity index (χ1n) is 7.99. The second-order valence-electron chi connectivity index (χ2n) is 6.05. The van der Waals surface area contributed by atoms with Crippen LogP contribution in [0.15, 0.2) is 22.7 Å². The molecule has 118 valence electrons. The lowest BCUT2D eigenvalue weighted by molar-refractivity contribution is 0.188. The van der Waals surface area contributed by atoms with E-state index in [1.165, 1.54) is 24.8 Å². The van der Waals surface area contributed by atoms with Crippen molar-refractivity contribution in [2.45, 2.75) is 38.6 Å². The van der Waals surface area contributed by atoms with E-state index in [2.05, 4.69) is 40.1 Å². The Balaban J connectivity index is 2.23. The van der Waals surface area contributed by atoms with Crippen LogP contribution in [0.2, 0.25) is 0 Å². The summed E-state index contributed by atoms with van der Waals surface area (Å²) >= 11 is 3.56. The molecule has 0 saturated carbocycles. The van der Waals surface area contributed by atoms with Crippen LogP contribution in [0.25, 0.3) is 0 Å². The van der Waals surface area contributed by atoms with Crippen LogP contribution in [0.5, 0.6) is 0 Å². The molecule has 0 aromatic heterocycles. The Kier molecular flexibility index (Phi) is 6.65. The first kappa shape index (κ1) is 16.9. The lowest BCUT2D eigenvalue weighted by atomic mass is 9.89. The number of benzene rings is 1. The van der Waals surface area contributed by atoms with Gasteiger partial charge in [-0.15, -0.1) is 0 Å². The maximum Gasteiger partial charge on any atom is 0.124 e. The normalized spacial score (nSPS) is 24.0. The average molecular weight is 357 g/mol. The number of nitrogens with zero attached hydrogens (tertiary/aromatic N) is 1. The molecule has 1 aliphatic rings. The zero-order chi connectivity index (χ0) is 15.2. The van der Waals surface area contributed by atoms with Crippen LogP contribution in [0.3, 0.4) is 0 Å². The van der Waals surface area contributed by atoms with Gasteiger partial charge in [-0.2, -0.15) is 0 Å². The summed E-state index contributed by atoms with van der Waals surface area (Å²) in [6.45, 7) is 5.41. The molecule has 0 aliphatic carbocycles. The van der Waals surface area contributed by atoms with Crippen LogP contribution in [0, 0.1) is 11.7 Å². The minimum Gasteiger partial charge on any atom is -0.316 e. The van der Waals surface area contributed by atoms with Crippen LogP contribution in [0.1, 0.15) is 44.2 Å². The summed E-state index contributed by atoms with van der Waals surface area (Å²) in [6.07, 6.45) is 4.91. The van der Waals surface area contributed by atoms with Crippen molar-refractivity contribution in [3.05, 3.63) is 34.1 Å². The molecule has 2 unspecified atom stereocenters. The molecule has 2 nitrogen and oxygen atoms in total. The highest BCUT2D eigenvalue weighted by Crippen LogP contribution is 2.37. The van der Waals surface area contributed by atoms with Gasteiger partial charge in [0.1, 0.15) is 5.82 Å². The fraction of sp³-hybridized carbons (Fsp3) is 0.647. The summed E-state index contributed by atoms with van der Waals surface area (Å²) in [5.74, 6) is 0.397. The minimum atomic E-state index is -0.178. The van der Waals surface area contributed by atoms with Crippen LogP contribution in [-0.4, -0.2) is 31.6 Å². The van der Waals surface area contributed by atoms with E-state index >= 15 is 0 Å². The summed E-state index contributed by atoms with van der Waals surface area (Å²) < 4.78 is 14.3. The van der Waals surface area contributed by atoms with Gasteiger partial charge in [-0.05, 0) is 69.6 Å². The van der Waals surface area contributed by atoms with Gasteiger partial charge in [0.2, 0.25) is 0 Å². The van der Waals surface area contributed by atoms with Crippen molar-refractivity contribution in [2.24, 2.45) is 5.92 Å². The predicted octanol–water partition coefficient (Wildman–Crippen LogP) is 4.36. The lowest BCUT2D eigenvalue weighted by Crippen LogP contribution is -2.35. The van der Waals surface area contributed by atoms with E-state index in [0.717, 1.165) is 30.5 Å². The quantitative estimate of drug-likeness (QED) is 0.788. The van der Waals surface area contributed by atoms with Crippen molar-refractivity contribution < 1.29 is 4.39 Å². The smallest absolute Gasteiger partial charge is 0.124 e. The van der Waals surface area contributed by atoms with E-state index in [0.29, 0.717) is 12.0 Å². The van der Waals surface area contributed by atoms with Crippen molar-refractivity contribution >= 4 is 15.9 Å². The molecule has 1 aliphatic heterocycles. The van der Waals surface area contributed by atoms with Crippen molar-refractivity contribution in [3.63, 3.8) is 0 Å². The van der Waals surface area contributed by atoms with Gasteiger partial charge in [0, 0.05) is 10.5 Å². The molecule has 1 heterocycles. The Morgan fingerprint density at radius 3 is 2.90 bits per heavy atom. The van der Waals surface area contributed by atoms with E-state index in [-0.39, 0.29) is 5.82 Å². The van der Waals surface area contributed by atoms with Gasteiger partial charge in [0.15, 0.2) is 0 Å². The Bertz CT molecular complexity index is 452. The molecule has 0 spiro atoms. The van der Waals surface area contributed by atoms with E-state index in [9.17, 15) is 4.39 Å². The second kappa shape index (κ2) is 8.25. The zero-order valence-corrected chi connectivity index (χ0v) is 14.6. The molecule has 1 aromatic rings. The first-order valence-corrected chi connectivity index (χ1v) is 8.78. The maximum absolute atomic E-state index is 13.4. The molecule has 0 radical (unpaired) electrons. The molecule has 2 rings (SSSR count). The number of halogens is 2. The van der Waals surface area contributed by atoms with E-state index in [1.807, 2.05) is 6.07 Å². The fourth-order valence-corrected chi connectivity index (χ4v) is 3.92. The predicted molar refractivity (Wildman–Crippen MR) is 90.0 cm³/mol. The molecule has 2 atom stereocenters. The summed E-state index contributed by atoms with van der Waals surface area (Å²) in [5, 5.41) is 3.57. The van der Waals surface area contributed by atoms with Crippen LogP contribution >= 0.6 is 15.9 Å². The van der Waals surface area contributed by atoms with Gasteiger partial charge in [-0.3, -0.25) is 4.90 Å². The molecular formula is C17H26BrFN2. The number of nitrogens with one attached hydrogen (secondary N) is 1. The molecule has 21 heavy (non-hydrogen) atoms. The molecule has 4 heteroatoms. The maximum atomic E-state index is 13.4. The average Bonchev–Trinajstić information content (AvgIpc) is 2.62. The van der Waals surface area contributed by atoms with Crippen molar-refractivity contribution in [1.82, 2.24) is 10.2 Å². The number of rotatable bonds is 5. The Morgan fingerprint density at radius 2 is 2.19 bits per heavy atom. The molecular weight excluding hydrogens is 331 g/mol. The van der Waals surface area contributed by atoms with Gasteiger partial charge in [-0.1, -0.05) is 35.3 Å². The molecule has 0 bridgehead atoms. The Labute approximate surface area is 136 Å². The third kappa shape index (κ3) is 4.51. The highest BCUT2D eigenvalue weighted by Gasteiger charge is 2.30. The lowest BCUT2D eigenvalue weighted by Gasteiger charge is -2.33. The third-order valence-electron chi connectivity index (χ3n) is 4.37. The second-order valence-corrected chi connectivity index (χ2v) is 6.91. The van der Waals surface area contributed by atoms with Crippen molar-refractivity contribution in [3.8, 4) is 0 Å². The molecule has 1 fully saturated rings. The van der Waals surface area contributed by atoms with E-state index in [1.54, 1.807) is 12.1 Å². The summed E-state index contributed by atoms with van der Waals surface area (Å²) in [7, 11) is 2.19. The molecule has 1 N–H and O–H groups in total. The highest BCUT2D eigenvalue weighted by molar-refractivity contribution is 9.10. The SMILES string of the molecule is CCCNCC1CCCCN(C)C1c1ccc(F)cc1Br. The van der Waals surface area contributed by atoms with Crippen molar-refractivity contribution in [2.75, 3.05) is 26.7 Å².